The Balaban J connectivity index is 1.59. The number of carbonyl (C=O) groups excluding carboxylic acids is 1. The molecule has 0 atom stereocenters. The van der Waals surface area contributed by atoms with Gasteiger partial charge < -0.3 is 4.74 Å². The van der Waals surface area contributed by atoms with E-state index in [1.54, 1.807) is 35.2 Å². The van der Waals surface area contributed by atoms with Crippen molar-refractivity contribution in [3.05, 3.63) is 45.7 Å². The van der Waals surface area contributed by atoms with E-state index in [0.717, 1.165) is 26.4 Å². The van der Waals surface area contributed by atoms with Gasteiger partial charge >= 0.3 is 6.09 Å². The summed E-state index contributed by atoms with van der Waals surface area (Å²) in [7, 11) is -3.54. The van der Waals surface area contributed by atoms with Gasteiger partial charge in [-0.2, -0.15) is 4.72 Å². The number of rotatable bonds is 4. The predicted molar refractivity (Wildman–Crippen MR) is 99.2 cm³/mol. The maximum atomic E-state index is 12.0. The van der Waals surface area contributed by atoms with Gasteiger partial charge in [-0.25, -0.2) is 13.2 Å². The topological polar surface area (TPSA) is 75.7 Å². The number of amides is 1. The summed E-state index contributed by atoms with van der Waals surface area (Å²) in [4.78, 5) is 13.0. The van der Waals surface area contributed by atoms with Gasteiger partial charge in [-0.05, 0) is 52.3 Å². The highest BCUT2D eigenvalue weighted by Crippen LogP contribution is 2.25. The van der Waals surface area contributed by atoms with E-state index in [4.69, 9.17) is 4.74 Å². The number of cyclic esters (lactones) is 1. The number of carbonyl (C=O) groups is 1. The fourth-order valence-electron chi connectivity index (χ4n) is 2.14. The van der Waals surface area contributed by atoms with Crippen molar-refractivity contribution in [1.82, 2.24) is 4.72 Å². The Labute approximate surface area is 158 Å². The number of halogens is 1. The molecular formula is C16H13BrN2O4S2. The molecule has 6 nitrogen and oxygen atoms in total. The molecule has 1 fully saturated rings. The van der Waals surface area contributed by atoms with Gasteiger partial charge in [0.25, 0.3) is 10.0 Å². The monoisotopic (exact) mass is 440 g/mol. The number of nitrogens with one attached hydrogen (secondary N) is 1. The molecule has 1 saturated heterocycles. The summed E-state index contributed by atoms with van der Waals surface area (Å²) in [5.74, 6) is 5.66. The zero-order valence-corrected chi connectivity index (χ0v) is 16.1. The van der Waals surface area contributed by atoms with Crippen molar-refractivity contribution in [1.29, 1.82) is 0 Å². The Kier molecular flexibility index (Phi) is 5.44. The normalized spacial score (nSPS) is 14.1. The minimum absolute atomic E-state index is 0.0120. The number of benzene rings is 1. The molecule has 130 valence electrons. The number of thiophene rings is 1. The minimum Gasteiger partial charge on any atom is -0.447 e. The van der Waals surface area contributed by atoms with Crippen LogP contribution in [0.1, 0.15) is 5.56 Å². The summed E-state index contributed by atoms with van der Waals surface area (Å²) in [5, 5.41) is 0. The number of anilines is 1. The second kappa shape index (κ2) is 7.58. The van der Waals surface area contributed by atoms with Gasteiger partial charge in [-0.15, -0.1) is 11.3 Å². The number of hydrogen-bond acceptors (Lipinski definition) is 5. The second-order valence-corrected chi connectivity index (χ2v) is 9.45. The molecule has 1 aromatic heterocycles. The third kappa shape index (κ3) is 4.41. The van der Waals surface area contributed by atoms with Crippen molar-refractivity contribution in [2.24, 2.45) is 0 Å². The van der Waals surface area contributed by atoms with Crippen LogP contribution in [0.4, 0.5) is 10.5 Å². The van der Waals surface area contributed by atoms with Crippen molar-refractivity contribution in [3.8, 4) is 11.8 Å². The molecule has 0 bridgehead atoms. The first-order valence-corrected chi connectivity index (χ1v) is 10.3. The highest BCUT2D eigenvalue weighted by molar-refractivity contribution is 9.11. The third-order valence-electron chi connectivity index (χ3n) is 3.34. The maximum absolute atomic E-state index is 12.0. The SMILES string of the molecule is O=C1OCCN1c1ccc(C#CCNS(=O)(=O)c2ccc(Br)s2)cc1. The van der Waals surface area contributed by atoms with Crippen molar-refractivity contribution < 1.29 is 17.9 Å². The summed E-state index contributed by atoms with van der Waals surface area (Å²) in [6.07, 6.45) is -0.353. The molecule has 0 unspecified atom stereocenters. The smallest absolute Gasteiger partial charge is 0.414 e. The fraction of sp³-hybridized carbons (Fsp3) is 0.188. The summed E-state index contributed by atoms with van der Waals surface area (Å²) in [6, 6.07) is 10.3. The fourth-order valence-corrected chi connectivity index (χ4v) is 5.12. The van der Waals surface area contributed by atoms with E-state index in [2.05, 4.69) is 32.5 Å². The van der Waals surface area contributed by atoms with Crippen LogP contribution in [0.2, 0.25) is 0 Å². The molecule has 1 aliphatic heterocycles. The van der Waals surface area contributed by atoms with Crippen LogP contribution >= 0.6 is 27.3 Å². The molecule has 2 aromatic rings. The summed E-state index contributed by atoms with van der Waals surface area (Å²) < 4.78 is 32.4. The molecule has 25 heavy (non-hydrogen) atoms. The standard InChI is InChI=1S/C16H13BrN2O4S2/c17-14-7-8-15(24-14)25(21,22)18-9-1-2-12-3-5-13(6-4-12)19-10-11-23-16(19)20/h3-8,18H,9-11H2. The Morgan fingerprint density at radius 1 is 1.24 bits per heavy atom. The van der Waals surface area contributed by atoms with Crippen molar-refractivity contribution in [2.45, 2.75) is 4.21 Å². The highest BCUT2D eigenvalue weighted by Gasteiger charge is 2.23. The zero-order chi connectivity index (χ0) is 17.9. The molecule has 1 aliphatic rings. The van der Waals surface area contributed by atoms with E-state index in [1.807, 2.05) is 0 Å². The first-order valence-electron chi connectivity index (χ1n) is 7.24. The van der Waals surface area contributed by atoms with Gasteiger partial charge in [0.1, 0.15) is 10.8 Å². The van der Waals surface area contributed by atoms with Crippen LogP contribution in [0.25, 0.3) is 0 Å². The molecule has 0 saturated carbocycles. The molecule has 0 radical (unpaired) electrons. The van der Waals surface area contributed by atoms with Gasteiger partial charge in [-0.1, -0.05) is 11.8 Å². The van der Waals surface area contributed by atoms with Crippen LogP contribution in [0.15, 0.2) is 44.4 Å². The quantitative estimate of drug-likeness (QED) is 0.741. The highest BCUT2D eigenvalue weighted by atomic mass is 79.9. The minimum atomic E-state index is -3.54. The maximum Gasteiger partial charge on any atom is 0.414 e. The molecule has 9 heteroatoms. The van der Waals surface area contributed by atoms with Crippen LogP contribution in [-0.2, 0) is 14.8 Å². The van der Waals surface area contributed by atoms with E-state index in [1.165, 1.54) is 6.07 Å². The van der Waals surface area contributed by atoms with Crippen molar-refractivity contribution in [3.63, 3.8) is 0 Å². The first-order chi connectivity index (χ1) is 12.0. The van der Waals surface area contributed by atoms with Crippen LogP contribution in [-0.4, -0.2) is 34.2 Å². The van der Waals surface area contributed by atoms with Gasteiger partial charge in [0.2, 0.25) is 0 Å². The third-order valence-corrected chi connectivity index (χ3v) is 6.85. The number of ether oxygens (including phenoxy) is 1. The predicted octanol–water partition coefficient (Wildman–Crippen LogP) is 2.80. The number of hydrogen-bond donors (Lipinski definition) is 1. The van der Waals surface area contributed by atoms with E-state index in [9.17, 15) is 13.2 Å². The van der Waals surface area contributed by atoms with Gasteiger partial charge in [0.05, 0.1) is 16.9 Å². The molecule has 3 rings (SSSR count). The van der Waals surface area contributed by atoms with Gasteiger partial charge in [-0.3, -0.25) is 4.90 Å². The Morgan fingerprint density at radius 3 is 2.60 bits per heavy atom. The number of nitrogens with zero attached hydrogens (tertiary/aromatic N) is 1. The Hall–Kier alpha value is -1.86. The Bertz CT molecular complexity index is 943. The Morgan fingerprint density at radius 2 is 2.00 bits per heavy atom. The lowest BCUT2D eigenvalue weighted by Gasteiger charge is -2.11. The lowest BCUT2D eigenvalue weighted by molar-refractivity contribution is 0.181. The van der Waals surface area contributed by atoms with E-state index in [-0.39, 0.29) is 16.8 Å². The molecule has 2 heterocycles. The lowest BCUT2D eigenvalue weighted by atomic mass is 10.2. The first kappa shape index (κ1) is 17.9. The zero-order valence-electron chi connectivity index (χ0n) is 12.9. The van der Waals surface area contributed by atoms with E-state index >= 15 is 0 Å². The summed E-state index contributed by atoms with van der Waals surface area (Å²) in [5.41, 5.74) is 1.48. The lowest BCUT2D eigenvalue weighted by Crippen LogP contribution is -2.23. The van der Waals surface area contributed by atoms with Crippen molar-refractivity contribution in [2.75, 3.05) is 24.6 Å². The largest absolute Gasteiger partial charge is 0.447 e. The molecular weight excluding hydrogens is 428 g/mol. The average Bonchev–Trinajstić information content (AvgIpc) is 3.21. The van der Waals surface area contributed by atoms with Crippen LogP contribution < -0.4 is 9.62 Å². The van der Waals surface area contributed by atoms with Crippen LogP contribution in [0.5, 0.6) is 0 Å². The van der Waals surface area contributed by atoms with E-state index in [0.29, 0.717) is 13.2 Å². The molecule has 1 aromatic carbocycles. The van der Waals surface area contributed by atoms with Crippen LogP contribution in [0.3, 0.4) is 0 Å². The molecule has 1 amide bonds. The van der Waals surface area contributed by atoms with E-state index < -0.39 is 10.0 Å². The second-order valence-electron chi connectivity index (χ2n) is 5.00. The van der Waals surface area contributed by atoms with Gasteiger partial charge in [0.15, 0.2) is 0 Å². The summed E-state index contributed by atoms with van der Waals surface area (Å²) in [6.45, 7) is 0.934. The number of sulfonamides is 1. The molecule has 0 spiro atoms. The molecule has 0 aliphatic carbocycles. The molecule has 1 N–H and O–H groups in total. The van der Waals surface area contributed by atoms with Crippen LogP contribution in [0, 0.1) is 11.8 Å². The van der Waals surface area contributed by atoms with Crippen molar-refractivity contribution >= 4 is 49.1 Å². The summed E-state index contributed by atoms with van der Waals surface area (Å²) >= 11 is 4.38. The average molecular weight is 441 g/mol. The van der Waals surface area contributed by atoms with Gasteiger partial charge in [0, 0.05) is 11.3 Å².